The first-order chi connectivity index (χ1) is 13.8. The second-order valence-corrected chi connectivity index (χ2v) is 7.76. The number of anilines is 1. The fraction of sp³-hybridized carbons (Fsp3) is 0.478. The number of hydrogen-bond acceptors (Lipinski definition) is 5. The van der Waals surface area contributed by atoms with E-state index in [2.05, 4.69) is 28.5 Å². The number of ether oxygens (including phenoxy) is 2. The Balaban J connectivity index is 1.49. The topological polar surface area (TPSA) is 60.5 Å². The van der Waals surface area contributed by atoms with Crippen LogP contribution in [0.15, 0.2) is 36.7 Å². The summed E-state index contributed by atoms with van der Waals surface area (Å²) in [5.74, 6) is 1.70. The number of methoxy groups -OCH3 is 1. The molecule has 5 nitrogen and oxygen atoms in total. The molecule has 28 heavy (non-hydrogen) atoms. The molecule has 1 fully saturated rings. The van der Waals surface area contributed by atoms with E-state index >= 15 is 0 Å². The van der Waals surface area contributed by atoms with Crippen LogP contribution in [0, 0.1) is 0 Å². The zero-order valence-electron chi connectivity index (χ0n) is 16.4. The van der Waals surface area contributed by atoms with E-state index in [1.165, 1.54) is 50.3 Å². The molecule has 1 atom stereocenters. The summed E-state index contributed by atoms with van der Waals surface area (Å²) in [5, 5.41) is 3.40. The maximum absolute atomic E-state index is 12.0. The van der Waals surface area contributed by atoms with Gasteiger partial charge in [-0.05, 0) is 48.4 Å². The molecule has 0 saturated heterocycles. The Hall–Kier alpha value is -2.56. The lowest BCUT2D eigenvalue weighted by molar-refractivity contribution is 0.0601. The quantitative estimate of drug-likeness (QED) is 0.748. The van der Waals surface area contributed by atoms with Crippen LogP contribution in [0.25, 0.3) is 0 Å². The minimum absolute atomic E-state index is 0.342. The van der Waals surface area contributed by atoms with E-state index in [9.17, 15) is 4.79 Å². The predicted octanol–water partition coefficient (Wildman–Crippen LogP) is 4.89. The molecule has 2 aliphatic rings. The summed E-state index contributed by atoms with van der Waals surface area (Å²) >= 11 is 0. The van der Waals surface area contributed by atoms with E-state index in [1.54, 1.807) is 18.5 Å². The van der Waals surface area contributed by atoms with Gasteiger partial charge >= 0.3 is 5.97 Å². The molecule has 0 amide bonds. The van der Waals surface area contributed by atoms with Crippen molar-refractivity contribution in [2.45, 2.75) is 50.4 Å². The second-order valence-electron chi connectivity index (χ2n) is 7.76. The van der Waals surface area contributed by atoms with Gasteiger partial charge in [-0.3, -0.25) is 4.98 Å². The molecule has 1 aliphatic carbocycles. The Kier molecular flexibility index (Phi) is 5.79. The molecule has 5 heteroatoms. The second kappa shape index (κ2) is 8.63. The van der Waals surface area contributed by atoms with Gasteiger partial charge in [0.2, 0.25) is 0 Å². The molecule has 1 aromatic heterocycles. The highest BCUT2D eigenvalue weighted by Gasteiger charge is 2.24. The molecule has 1 N–H and O–H groups in total. The van der Waals surface area contributed by atoms with Gasteiger partial charge in [-0.15, -0.1) is 0 Å². The minimum Gasteiger partial charge on any atom is -0.493 e. The van der Waals surface area contributed by atoms with Gasteiger partial charge in [0, 0.05) is 18.7 Å². The van der Waals surface area contributed by atoms with Gasteiger partial charge in [0.25, 0.3) is 0 Å². The number of carbonyl (C=O) groups is 1. The van der Waals surface area contributed by atoms with E-state index < -0.39 is 0 Å². The first-order valence-corrected chi connectivity index (χ1v) is 10.3. The van der Waals surface area contributed by atoms with E-state index in [-0.39, 0.29) is 5.97 Å². The van der Waals surface area contributed by atoms with Gasteiger partial charge < -0.3 is 14.8 Å². The van der Waals surface area contributed by atoms with Crippen LogP contribution in [-0.2, 0) is 4.74 Å². The van der Waals surface area contributed by atoms with Crippen molar-refractivity contribution in [1.29, 1.82) is 0 Å². The molecule has 4 rings (SSSR count). The Morgan fingerprint density at radius 1 is 1.21 bits per heavy atom. The van der Waals surface area contributed by atoms with Crippen molar-refractivity contribution in [2.75, 3.05) is 25.6 Å². The molecule has 1 aromatic carbocycles. The van der Waals surface area contributed by atoms with E-state index in [4.69, 9.17) is 9.47 Å². The van der Waals surface area contributed by atoms with Crippen LogP contribution < -0.4 is 10.1 Å². The number of carbonyl (C=O) groups excluding carboxylic acids is 1. The van der Waals surface area contributed by atoms with Crippen LogP contribution in [0.3, 0.4) is 0 Å². The number of benzene rings is 1. The van der Waals surface area contributed by atoms with Crippen LogP contribution in [0.4, 0.5) is 5.69 Å². The molecule has 148 valence electrons. The molecule has 0 spiro atoms. The number of hydrogen-bond donors (Lipinski definition) is 1. The van der Waals surface area contributed by atoms with Crippen LogP contribution in [0.5, 0.6) is 5.75 Å². The molecular formula is C23H28N2O3. The lowest BCUT2D eigenvalue weighted by Crippen LogP contribution is -2.22. The van der Waals surface area contributed by atoms with Crippen LogP contribution >= 0.6 is 0 Å². The predicted molar refractivity (Wildman–Crippen MR) is 109 cm³/mol. The van der Waals surface area contributed by atoms with Crippen LogP contribution in [0.2, 0.25) is 0 Å². The number of pyridine rings is 1. The lowest BCUT2D eigenvalue weighted by Gasteiger charge is -2.29. The SMILES string of the molecule is COC(=O)c1ccncc1NCC1CCOc2cc(C3CCCCC3)ccc21. The maximum Gasteiger partial charge on any atom is 0.340 e. The van der Waals surface area contributed by atoms with Crippen LogP contribution in [-0.4, -0.2) is 31.2 Å². The van der Waals surface area contributed by atoms with Crippen molar-refractivity contribution in [3.63, 3.8) is 0 Å². The monoisotopic (exact) mass is 380 g/mol. The molecule has 0 radical (unpaired) electrons. The van der Waals surface area contributed by atoms with Crippen molar-refractivity contribution in [3.05, 3.63) is 53.3 Å². The molecule has 1 aliphatic heterocycles. The number of nitrogens with zero attached hydrogens (tertiary/aromatic N) is 1. The summed E-state index contributed by atoms with van der Waals surface area (Å²) in [5.41, 5.74) is 3.90. The van der Waals surface area contributed by atoms with Gasteiger partial charge in [0.15, 0.2) is 0 Å². The van der Waals surface area contributed by atoms with Crippen molar-refractivity contribution < 1.29 is 14.3 Å². The summed E-state index contributed by atoms with van der Waals surface area (Å²) in [6.45, 7) is 1.46. The largest absolute Gasteiger partial charge is 0.493 e. The summed E-state index contributed by atoms with van der Waals surface area (Å²) in [4.78, 5) is 16.1. The molecule has 1 unspecified atom stereocenters. The number of aromatic nitrogens is 1. The highest BCUT2D eigenvalue weighted by molar-refractivity contribution is 5.95. The number of nitrogens with one attached hydrogen (secondary N) is 1. The fourth-order valence-electron chi connectivity index (χ4n) is 4.44. The fourth-order valence-corrected chi connectivity index (χ4v) is 4.44. The number of esters is 1. The smallest absolute Gasteiger partial charge is 0.340 e. The summed E-state index contributed by atoms with van der Waals surface area (Å²) in [7, 11) is 1.39. The Morgan fingerprint density at radius 2 is 2.07 bits per heavy atom. The van der Waals surface area contributed by atoms with Crippen molar-refractivity contribution in [2.24, 2.45) is 0 Å². The minimum atomic E-state index is -0.352. The third kappa shape index (κ3) is 3.98. The van der Waals surface area contributed by atoms with Gasteiger partial charge in [0.1, 0.15) is 5.75 Å². The van der Waals surface area contributed by atoms with Gasteiger partial charge in [-0.2, -0.15) is 0 Å². The van der Waals surface area contributed by atoms with E-state index in [0.717, 1.165) is 25.3 Å². The van der Waals surface area contributed by atoms with Crippen molar-refractivity contribution in [1.82, 2.24) is 4.98 Å². The van der Waals surface area contributed by atoms with Crippen LogP contribution in [0.1, 0.15) is 71.8 Å². The Morgan fingerprint density at radius 3 is 2.89 bits per heavy atom. The standard InChI is InChI=1S/C23H28N2O3/c1-27-23(26)20-9-11-24-15-21(20)25-14-18-10-12-28-22-13-17(7-8-19(18)22)16-5-3-2-4-6-16/h7-9,11,13,15-16,18,25H,2-6,10,12,14H2,1H3. The lowest BCUT2D eigenvalue weighted by atomic mass is 9.82. The summed E-state index contributed by atoms with van der Waals surface area (Å²) in [6, 6.07) is 8.49. The zero-order chi connectivity index (χ0) is 19.3. The van der Waals surface area contributed by atoms with E-state index in [0.29, 0.717) is 23.1 Å². The Bertz CT molecular complexity index is 830. The molecular weight excluding hydrogens is 352 g/mol. The molecule has 0 bridgehead atoms. The normalized spacial score (nSPS) is 19.4. The third-order valence-electron chi connectivity index (χ3n) is 6.04. The highest BCUT2D eigenvalue weighted by Crippen LogP contribution is 2.39. The average molecular weight is 380 g/mol. The first-order valence-electron chi connectivity index (χ1n) is 10.3. The summed E-state index contributed by atoms with van der Waals surface area (Å²) in [6.07, 6.45) is 10.9. The van der Waals surface area contributed by atoms with Crippen molar-refractivity contribution >= 4 is 11.7 Å². The number of rotatable bonds is 5. The van der Waals surface area contributed by atoms with Crippen molar-refractivity contribution in [3.8, 4) is 5.75 Å². The first kappa shape index (κ1) is 18.8. The molecule has 1 saturated carbocycles. The zero-order valence-corrected chi connectivity index (χ0v) is 16.4. The van der Waals surface area contributed by atoms with Gasteiger partial charge in [-0.25, -0.2) is 4.79 Å². The summed E-state index contributed by atoms with van der Waals surface area (Å²) < 4.78 is 10.9. The third-order valence-corrected chi connectivity index (χ3v) is 6.04. The van der Waals surface area contributed by atoms with E-state index in [1.807, 2.05) is 0 Å². The van der Waals surface area contributed by atoms with Gasteiger partial charge in [0.05, 0.1) is 31.2 Å². The number of fused-ring (bicyclic) bond motifs is 1. The molecule has 2 heterocycles. The highest BCUT2D eigenvalue weighted by atomic mass is 16.5. The average Bonchev–Trinajstić information content (AvgIpc) is 2.77. The maximum atomic E-state index is 12.0. The molecule has 2 aromatic rings. The Labute approximate surface area is 166 Å². The van der Waals surface area contributed by atoms with Gasteiger partial charge in [-0.1, -0.05) is 31.4 Å².